The lowest BCUT2D eigenvalue weighted by Gasteiger charge is -2.20. The zero-order valence-corrected chi connectivity index (χ0v) is 11.6. The van der Waals surface area contributed by atoms with Crippen molar-refractivity contribution in [1.82, 2.24) is 4.98 Å². The lowest BCUT2D eigenvalue weighted by molar-refractivity contribution is 0.0299. The van der Waals surface area contributed by atoms with Gasteiger partial charge in [-0.05, 0) is 30.0 Å². The van der Waals surface area contributed by atoms with Crippen molar-refractivity contribution in [2.75, 3.05) is 13.2 Å². The van der Waals surface area contributed by atoms with E-state index < -0.39 is 0 Å². The molecule has 3 nitrogen and oxygen atoms in total. The third-order valence-corrected chi connectivity index (χ3v) is 3.37. The zero-order valence-electron chi connectivity index (χ0n) is 11.6. The Morgan fingerprint density at radius 1 is 1.28 bits per heavy atom. The number of unbranched alkanes of at least 4 members (excludes halogenated alkanes) is 1. The van der Waals surface area contributed by atoms with Crippen LogP contribution in [-0.4, -0.2) is 18.1 Å². The highest BCUT2D eigenvalue weighted by atomic mass is 16.5. The molecule has 2 atom stereocenters. The third kappa shape index (κ3) is 5.15. The molecule has 0 bridgehead atoms. The van der Waals surface area contributed by atoms with Gasteiger partial charge in [0.1, 0.15) is 0 Å². The topological polar surface area (TPSA) is 48.1 Å². The summed E-state index contributed by atoms with van der Waals surface area (Å²) in [7, 11) is 0. The average Bonchev–Trinajstić information content (AvgIpc) is 2.44. The minimum Gasteiger partial charge on any atom is -0.372 e. The van der Waals surface area contributed by atoms with E-state index >= 15 is 0 Å². The first-order valence-electron chi connectivity index (χ1n) is 7.03. The Morgan fingerprint density at radius 3 is 2.56 bits per heavy atom. The molecule has 2 unspecified atom stereocenters. The Hall–Kier alpha value is -0.930. The summed E-state index contributed by atoms with van der Waals surface area (Å²) in [6.07, 6.45) is 8.54. The molecule has 0 aromatic carbocycles. The van der Waals surface area contributed by atoms with Crippen molar-refractivity contribution >= 4 is 0 Å². The number of ether oxygens (including phenoxy) is 1. The van der Waals surface area contributed by atoms with E-state index in [9.17, 15) is 0 Å². The molecule has 102 valence electrons. The molecular formula is C15H26N2O. The second-order valence-electron chi connectivity index (χ2n) is 4.75. The highest BCUT2D eigenvalue weighted by Gasteiger charge is 2.13. The summed E-state index contributed by atoms with van der Waals surface area (Å²) in [6, 6.07) is 3.95. The van der Waals surface area contributed by atoms with E-state index in [2.05, 4.69) is 18.8 Å². The summed E-state index contributed by atoms with van der Waals surface area (Å²) in [4.78, 5) is 4.02. The maximum atomic E-state index is 5.97. The van der Waals surface area contributed by atoms with Crippen LogP contribution in [0.1, 0.15) is 51.2 Å². The minimum absolute atomic E-state index is 0.00340. The van der Waals surface area contributed by atoms with E-state index in [4.69, 9.17) is 10.5 Å². The van der Waals surface area contributed by atoms with Crippen LogP contribution in [0.4, 0.5) is 0 Å². The van der Waals surface area contributed by atoms with Gasteiger partial charge in [0.15, 0.2) is 0 Å². The van der Waals surface area contributed by atoms with Gasteiger partial charge in [-0.2, -0.15) is 0 Å². The summed E-state index contributed by atoms with van der Waals surface area (Å²) >= 11 is 0. The molecule has 0 radical (unpaired) electrons. The zero-order chi connectivity index (χ0) is 13.2. The maximum absolute atomic E-state index is 5.97. The molecule has 0 spiro atoms. The molecule has 0 saturated heterocycles. The quantitative estimate of drug-likeness (QED) is 0.731. The molecule has 1 aromatic rings. The fourth-order valence-corrected chi connectivity index (χ4v) is 2.03. The first-order chi connectivity index (χ1) is 8.81. The molecular weight excluding hydrogens is 224 g/mol. The van der Waals surface area contributed by atoms with Gasteiger partial charge in [0.2, 0.25) is 0 Å². The molecule has 2 N–H and O–H groups in total. The van der Waals surface area contributed by atoms with Crippen LogP contribution >= 0.6 is 0 Å². The molecule has 1 heterocycles. The second-order valence-corrected chi connectivity index (χ2v) is 4.75. The maximum Gasteiger partial charge on any atom is 0.0948 e. The monoisotopic (exact) mass is 250 g/mol. The third-order valence-electron chi connectivity index (χ3n) is 3.37. The van der Waals surface area contributed by atoms with E-state index in [1.807, 2.05) is 12.1 Å². The minimum atomic E-state index is 0.00340. The van der Waals surface area contributed by atoms with Crippen molar-refractivity contribution in [3.8, 4) is 0 Å². The average molecular weight is 250 g/mol. The van der Waals surface area contributed by atoms with Crippen LogP contribution in [0.2, 0.25) is 0 Å². The molecule has 1 rings (SSSR count). The van der Waals surface area contributed by atoms with Gasteiger partial charge in [0, 0.05) is 18.9 Å². The van der Waals surface area contributed by atoms with Crippen molar-refractivity contribution in [1.29, 1.82) is 0 Å². The van der Waals surface area contributed by atoms with Crippen molar-refractivity contribution in [2.24, 2.45) is 11.7 Å². The number of rotatable bonds is 9. The van der Waals surface area contributed by atoms with Crippen LogP contribution in [0.15, 0.2) is 24.5 Å². The van der Waals surface area contributed by atoms with Crippen LogP contribution < -0.4 is 5.73 Å². The molecule has 0 saturated carbocycles. The van der Waals surface area contributed by atoms with Crippen molar-refractivity contribution in [3.05, 3.63) is 30.1 Å². The molecule has 0 fully saturated rings. The normalized spacial score (nSPS) is 14.4. The molecule has 3 heteroatoms. The Morgan fingerprint density at radius 2 is 2.00 bits per heavy atom. The Kier molecular flexibility index (Phi) is 7.62. The number of nitrogens with zero attached hydrogens (tertiary/aromatic N) is 1. The van der Waals surface area contributed by atoms with Gasteiger partial charge < -0.3 is 10.5 Å². The first-order valence-corrected chi connectivity index (χ1v) is 7.03. The van der Waals surface area contributed by atoms with E-state index in [1.54, 1.807) is 12.4 Å². The Balaban J connectivity index is 2.43. The fourth-order valence-electron chi connectivity index (χ4n) is 2.03. The van der Waals surface area contributed by atoms with Crippen LogP contribution in [0.5, 0.6) is 0 Å². The standard InChI is InChI=1S/C15H26N2O/c1-3-5-6-13(4-2)12-18-15(11-16)14-7-9-17-10-8-14/h7-10,13,15H,3-6,11-12,16H2,1-2H3. The van der Waals surface area contributed by atoms with Gasteiger partial charge in [0.05, 0.1) is 12.7 Å². The van der Waals surface area contributed by atoms with Crippen molar-refractivity contribution < 1.29 is 4.74 Å². The van der Waals surface area contributed by atoms with Gasteiger partial charge >= 0.3 is 0 Å². The Bertz CT molecular complexity index is 303. The molecule has 0 aliphatic rings. The summed E-state index contributed by atoms with van der Waals surface area (Å²) < 4.78 is 5.97. The number of hydrogen-bond donors (Lipinski definition) is 1. The fraction of sp³-hybridized carbons (Fsp3) is 0.667. The summed E-state index contributed by atoms with van der Waals surface area (Å²) in [6.45, 7) is 5.79. The van der Waals surface area contributed by atoms with Gasteiger partial charge in [0.25, 0.3) is 0 Å². The number of nitrogens with two attached hydrogens (primary N) is 1. The number of pyridine rings is 1. The van der Waals surface area contributed by atoms with E-state index in [0.29, 0.717) is 12.5 Å². The summed E-state index contributed by atoms with van der Waals surface area (Å²) in [5.41, 5.74) is 6.91. The molecule has 1 aromatic heterocycles. The number of aromatic nitrogens is 1. The van der Waals surface area contributed by atoms with Gasteiger partial charge in [-0.25, -0.2) is 0 Å². The van der Waals surface area contributed by atoms with E-state index in [-0.39, 0.29) is 6.10 Å². The lowest BCUT2D eigenvalue weighted by atomic mass is 10.0. The van der Waals surface area contributed by atoms with E-state index in [1.165, 1.54) is 25.7 Å². The molecule has 0 aliphatic carbocycles. The Labute approximate surface area is 111 Å². The lowest BCUT2D eigenvalue weighted by Crippen LogP contribution is -2.19. The summed E-state index contributed by atoms with van der Waals surface area (Å²) in [5, 5.41) is 0. The predicted octanol–water partition coefficient (Wildman–Crippen LogP) is 3.31. The summed E-state index contributed by atoms with van der Waals surface area (Å²) in [5.74, 6) is 0.654. The molecule has 18 heavy (non-hydrogen) atoms. The smallest absolute Gasteiger partial charge is 0.0948 e. The van der Waals surface area contributed by atoms with Gasteiger partial charge in [-0.15, -0.1) is 0 Å². The number of hydrogen-bond acceptors (Lipinski definition) is 3. The van der Waals surface area contributed by atoms with E-state index in [0.717, 1.165) is 12.2 Å². The van der Waals surface area contributed by atoms with Crippen molar-refractivity contribution in [3.63, 3.8) is 0 Å². The predicted molar refractivity (Wildman–Crippen MR) is 75.3 cm³/mol. The van der Waals surface area contributed by atoms with Crippen LogP contribution in [-0.2, 0) is 4.74 Å². The van der Waals surface area contributed by atoms with Crippen molar-refractivity contribution in [2.45, 2.75) is 45.6 Å². The molecule has 0 aliphatic heterocycles. The second kappa shape index (κ2) is 9.06. The van der Waals surface area contributed by atoms with Crippen LogP contribution in [0.25, 0.3) is 0 Å². The van der Waals surface area contributed by atoms with Crippen LogP contribution in [0, 0.1) is 5.92 Å². The molecule has 0 amide bonds. The SMILES string of the molecule is CCCCC(CC)COC(CN)c1ccncc1. The van der Waals surface area contributed by atoms with Gasteiger partial charge in [-0.1, -0.05) is 33.1 Å². The largest absolute Gasteiger partial charge is 0.372 e. The van der Waals surface area contributed by atoms with Crippen LogP contribution in [0.3, 0.4) is 0 Å². The first kappa shape index (κ1) is 15.1. The highest BCUT2D eigenvalue weighted by molar-refractivity contribution is 5.13. The van der Waals surface area contributed by atoms with Gasteiger partial charge in [-0.3, -0.25) is 4.98 Å². The highest BCUT2D eigenvalue weighted by Crippen LogP contribution is 2.19.